The molecule has 3 N–H and O–H groups in total. The summed E-state index contributed by atoms with van der Waals surface area (Å²) in [6.45, 7) is 0. The quantitative estimate of drug-likeness (QED) is 0.827. The lowest BCUT2D eigenvalue weighted by Crippen LogP contribution is -2.20. The van der Waals surface area contributed by atoms with Gasteiger partial charge >= 0.3 is 5.97 Å². The van der Waals surface area contributed by atoms with Crippen LogP contribution in [0.25, 0.3) is 0 Å². The first-order valence-electron chi connectivity index (χ1n) is 4.41. The Hall–Kier alpha value is -1.69. The van der Waals surface area contributed by atoms with Crippen LogP contribution in [0.1, 0.15) is 23.6 Å². The van der Waals surface area contributed by atoms with Gasteiger partial charge in [0, 0.05) is 0 Å². The van der Waals surface area contributed by atoms with Gasteiger partial charge in [-0.15, -0.1) is 0 Å². The third-order valence-corrected chi connectivity index (χ3v) is 2.11. The molecule has 1 rings (SSSR count). The van der Waals surface area contributed by atoms with Crippen molar-refractivity contribution in [3.05, 3.63) is 29.3 Å². The van der Waals surface area contributed by atoms with Gasteiger partial charge in [0.1, 0.15) is 11.8 Å². The lowest BCUT2D eigenvalue weighted by molar-refractivity contribution is -0.138. The summed E-state index contributed by atoms with van der Waals surface area (Å²) in [6, 6.07) is 2.36. The van der Waals surface area contributed by atoms with E-state index in [4.69, 9.17) is 15.6 Å². The van der Waals surface area contributed by atoms with Crippen LogP contribution in [0.3, 0.4) is 0 Å². The van der Waals surface area contributed by atoms with Crippen LogP contribution in [0.5, 0.6) is 5.75 Å². The number of nitrogens with two attached hydrogens (primary N) is 1. The number of hydrogen-bond donors (Lipinski definition) is 2. The first-order chi connectivity index (χ1) is 7.47. The maximum atomic E-state index is 12.6. The molecule has 0 spiro atoms. The molecule has 4 nitrogen and oxygen atoms in total. The SMILES string of the molecule is COc1ccc(C(N)C(=O)O)cc1C(F)F. The second-order valence-electron chi connectivity index (χ2n) is 3.12. The third-order valence-electron chi connectivity index (χ3n) is 2.11. The number of aliphatic carboxylic acids is 1. The summed E-state index contributed by atoms with van der Waals surface area (Å²) in [4.78, 5) is 10.6. The topological polar surface area (TPSA) is 72.5 Å². The maximum Gasteiger partial charge on any atom is 0.325 e. The van der Waals surface area contributed by atoms with Crippen molar-refractivity contribution < 1.29 is 23.4 Å². The van der Waals surface area contributed by atoms with Crippen molar-refractivity contribution in [3.63, 3.8) is 0 Å². The lowest BCUT2D eigenvalue weighted by atomic mass is 10.0. The number of carbonyl (C=O) groups is 1. The first-order valence-corrected chi connectivity index (χ1v) is 4.41. The number of carboxylic acids is 1. The molecule has 0 fully saturated rings. The summed E-state index contributed by atoms with van der Waals surface area (Å²) < 4.78 is 29.9. The van der Waals surface area contributed by atoms with Crippen LogP contribution in [0.2, 0.25) is 0 Å². The van der Waals surface area contributed by atoms with Gasteiger partial charge in [0.25, 0.3) is 6.43 Å². The van der Waals surface area contributed by atoms with Crippen LogP contribution < -0.4 is 10.5 Å². The fraction of sp³-hybridized carbons (Fsp3) is 0.300. The second kappa shape index (κ2) is 4.89. The fourth-order valence-electron chi connectivity index (χ4n) is 1.26. The van der Waals surface area contributed by atoms with E-state index in [1.165, 1.54) is 19.2 Å². The van der Waals surface area contributed by atoms with Crippen LogP contribution in [-0.4, -0.2) is 18.2 Å². The number of halogens is 2. The average Bonchev–Trinajstić information content (AvgIpc) is 2.26. The van der Waals surface area contributed by atoms with Gasteiger partial charge in [-0.1, -0.05) is 6.07 Å². The summed E-state index contributed by atoms with van der Waals surface area (Å²) in [6.07, 6.45) is -2.74. The van der Waals surface area contributed by atoms with Crippen LogP contribution >= 0.6 is 0 Å². The molecule has 16 heavy (non-hydrogen) atoms. The summed E-state index contributed by atoms with van der Waals surface area (Å²) in [5.41, 5.74) is 5.06. The largest absolute Gasteiger partial charge is 0.496 e. The lowest BCUT2D eigenvalue weighted by Gasteiger charge is -2.12. The van der Waals surface area contributed by atoms with Crippen molar-refractivity contribution in [2.24, 2.45) is 5.73 Å². The molecule has 0 amide bonds. The van der Waals surface area contributed by atoms with Gasteiger partial charge in [-0.25, -0.2) is 8.78 Å². The van der Waals surface area contributed by atoms with E-state index in [1.807, 2.05) is 0 Å². The monoisotopic (exact) mass is 231 g/mol. The minimum atomic E-state index is -2.74. The molecule has 6 heteroatoms. The number of alkyl halides is 2. The number of benzene rings is 1. The minimum Gasteiger partial charge on any atom is -0.496 e. The Morgan fingerprint density at radius 2 is 2.12 bits per heavy atom. The molecule has 1 aromatic carbocycles. The number of ether oxygens (including phenoxy) is 1. The highest BCUT2D eigenvalue weighted by Gasteiger charge is 2.19. The maximum absolute atomic E-state index is 12.6. The van der Waals surface area contributed by atoms with Crippen molar-refractivity contribution in [1.29, 1.82) is 0 Å². The molecule has 0 aromatic heterocycles. The molecule has 0 aliphatic rings. The molecular weight excluding hydrogens is 220 g/mol. The Kier molecular flexibility index (Phi) is 3.78. The van der Waals surface area contributed by atoms with E-state index in [9.17, 15) is 13.6 Å². The van der Waals surface area contributed by atoms with E-state index in [2.05, 4.69) is 0 Å². The molecule has 0 radical (unpaired) electrons. The number of rotatable bonds is 4. The minimum absolute atomic E-state index is 0.0105. The van der Waals surface area contributed by atoms with Gasteiger partial charge in [0.05, 0.1) is 12.7 Å². The zero-order valence-corrected chi connectivity index (χ0v) is 8.48. The summed E-state index contributed by atoms with van der Waals surface area (Å²) in [5.74, 6) is -1.26. The first kappa shape index (κ1) is 12.4. The molecule has 0 bridgehead atoms. The number of hydrogen-bond acceptors (Lipinski definition) is 3. The summed E-state index contributed by atoms with van der Waals surface area (Å²) in [7, 11) is 1.26. The predicted molar refractivity (Wildman–Crippen MR) is 52.5 cm³/mol. The van der Waals surface area contributed by atoms with E-state index in [-0.39, 0.29) is 16.9 Å². The Balaban J connectivity index is 3.16. The average molecular weight is 231 g/mol. The van der Waals surface area contributed by atoms with E-state index in [0.717, 1.165) is 6.07 Å². The molecule has 1 atom stereocenters. The molecule has 0 saturated heterocycles. The Morgan fingerprint density at radius 1 is 1.50 bits per heavy atom. The van der Waals surface area contributed by atoms with Crippen molar-refractivity contribution in [2.75, 3.05) is 7.11 Å². The summed E-state index contributed by atoms with van der Waals surface area (Å²) in [5, 5.41) is 8.65. The van der Waals surface area contributed by atoms with E-state index < -0.39 is 18.4 Å². The van der Waals surface area contributed by atoms with E-state index in [0.29, 0.717) is 0 Å². The highest BCUT2D eigenvalue weighted by molar-refractivity contribution is 5.75. The van der Waals surface area contributed by atoms with Crippen molar-refractivity contribution in [1.82, 2.24) is 0 Å². The van der Waals surface area contributed by atoms with Crippen LogP contribution in [-0.2, 0) is 4.79 Å². The molecule has 0 aliphatic heterocycles. The van der Waals surface area contributed by atoms with Crippen LogP contribution in [0.4, 0.5) is 8.78 Å². The highest BCUT2D eigenvalue weighted by atomic mass is 19.3. The predicted octanol–water partition coefficient (Wildman–Crippen LogP) is 1.72. The Bertz CT molecular complexity index is 396. The molecule has 88 valence electrons. The zero-order valence-electron chi connectivity index (χ0n) is 8.48. The molecule has 0 heterocycles. The number of methoxy groups -OCH3 is 1. The molecule has 1 aromatic rings. The van der Waals surface area contributed by atoms with Crippen molar-refractivity contribution >= 4 is 5.97 Å². The Labute approximate surface area is 90.6 Å². The van der Waals surface area contributed by atoms with E-state index in [1.54, 1.807) is 0 Å². The van der Waals surface area contributed by atoms with E-state index >= 15 is 0 Å². The van der Waals surface area contributed by atoms with Gasteiger partial charge in [-0.3, -0.25) is 4.79 Å². The smallest absolute Gasteiger partial charge is 0.325 e. The van der Waals surface area contributed by atoms with Crippen LogP contribution in [0, 0.1) is 0 Å². The van der Waals surface area contributed by atoms with Gasteiger partial charge in [-0.05, 0) is 17.7 Å². The van der Waals surface area contributed by atoms with Gasteiger partial charge < -0.3 is 15.6 Å². The Morgan fingerprint density at radius 3 is 2.56 bits per heavy atom. The molecular formula is C10H11F2NO3. The van der Waals surface area contributed by atoms with Crippen molar-refractivity contribution in [2.45, 2.75) is 12.5 Å². The van der Waals surface area contributed by atoms with Gasteiger partial charge in [0.15, 0.2) is 0 Å². The second-order valence-corrected chi connectivity index (χ2v) is 3.12. The molecule has 1 unspecified atom stereocenters. The molecule has 0 aliphatic carbocycles. The normalized spacial score (nSPS) is 12.6. The summed E-state index contributed by atoms with van der Waals surface area (Å²) >= 11 is 0. The van der Waals surface area contributed by atoms with Gasteiger partial charge in [0.2, 0.25) is 0 Å². The van der Waals surface area contributed by atoms with Gasteiger partial charge in [-0.2, -0.15) is 0 Å². The highest BCUT2D eigenvalue weighted by Crippen LogP contribution is 2.31. The fourth-order valence-corrected chi connectivity index (χ4v) is 1.26. The third kappa shape index (κ3) is 2.46. The van der Waals surface area contributed by atoms with Crippen molar-refractivity contribution in [3.8, 4) is 5.75 Å². The van der Waals surface area contributed by atoms with Crippen LogP contribution in [0.15, 0.2) is 18.2 Å². The molecule has 0 saturated carbocycles. The number of carboxylic acid groups (broad SMARTS) is 1. The standard InChI is InChI=1S/C10H11F2NO3/c1-16-7-3-2-5(8(13)10(14)15)4-6(7)9(11)12/h2-4,8-9H,13H2,1H3,(H,14,15). The zero-order chi connectivity index (χ0) is 12.3.